The first-order chi connectivity index (χ1) is 4.18. The van der Waals surface area contributed by atoms with Crippen LogP contribution in [0.3, 0.4) is 0 Å². The Morgan fingerprint density at radius 1 is 1.55 bits per heavy atom. The minimum Gasteiger partial charge on any atom is 1.00 e. The molecule has 0 saturated carbocycles. The molecular weight excluding hydrogens is 245 g/mol. The summed E-state index contributed by atoms with van der Waals surface area (Å²) in [5, 5.41) is 9.55. The fraction of sp³-hybridized carbons (Fsp3) is 0. The van der Waals surface area contributed by atoms with Crippen LogP contribution >= 0.6 is 0 Å². The summed E-state index contributed by atoms with van der Waals surface area (Å²) in [7, 11) is 0. The van der Waals surface area contributed by atoms with E-state index in [9.17, 15) is 14.7 Å². The number of rotatable bonds is 1. The van der Waals surface area contributed by atoms with Gasteiger partial charge in [0.1, 0.15) is 0 Å². The van der Waals surface area contributed by atoms with Crippen LogP contribution in [0.2, 0.25) is 0 Å². The molecule has 0 amide bonds. The molecule has 11 heavy (non-hydrogen) atoms. The minimum atomic E-state index is -3.05. The van der Waals surface area contributed by atoms with E-state index in [0.717, 1.165) is 0 Å². The number of carbonyl (C=O) groups is 2. The van der Waals surface area contributed by atoms with E-state index in [4.69, 9.17) is 0 Å². The van der Waals surface area contributed by atoms with Crippen molar-refractivity contribution in [3.8, 4) is 0 Å². The van der Waals surface area contributed by atoms with Gasteiger partial charge >= 0.3 is 106 Å². The van der Waals surface area contributed by atoms with Crippen molar-refractivity contribution in [2.75, 3.05) is 0 Å². The first kappa shape index (κ1) is 14.3. The second-order valence-electron chi connectivity index (χ2n) is 1.14. The predicted octanol–water partition coefficient (Wildman–Crippen LogP) is -5.32. The Kier molecular flexibility index (Phi) is 8.20. The topological polar surface area (TPSA) is 116 Å². The Bertz CT molecular complexity index is 151. The molecular formula is C2H2GaKO7. The zero-order valence-corrected chi connectivity index (χ0v) is 11.1. The summed E-state index contributed by atoms with van der Waals surface area (Å²) in [6.07, 6.45) is -2.59. The molecule has 2 N–H and O–H groups in total. The van der Waals surface area contributed by atoms with E-state index in [1.807, 2.05) is 0 Å². The third kappa shape index (κ3) is 5.08. The van der Waals surface area contributed by atoms with Gasteiger partial charge in [-0.3, -0.25) is 0 Å². The minimum absolute atomic E-state index is 0. The van der Waals surface area contributed by atoms with Crippen LogP contribution < -0.4 is 56.5 Å². The first-order valence-corrected chi connectivity index (χ1v) is 4.90. The molecule has 56 valence electrons. The van der Waals surface area contributed by atoms with Crippen LogP contribution in [0, 0.1) is 0 Å². The van der Waals surface area contributed by atoms with E-state index in [1.165, 1.54) is 0 Å². The number of hydrogen-bond acceptors (Lipinski definition) is 6. The normalized spacial score (nSPS) is 12.4. The molecule has 0 bridgehead atoms. The smallest absolute Gasteiger partial charge is 1.00 e. The molecule has 1 fully saturated rings. The monoisotopic (exact) mass is 246 g/mol. The van der Waals surface area contributed by atoms with Crippen molar-refractivity contribution < 1.29 is 82.1 Å². The van der Waals surface area contributed by atoms with Crippen molar-refractivity contribution in [1.82, 2.24) is 0 Å². The summed E-state index contributed by atoms with van der Waals surface area (Å²) in [5.74, 6) is 0. The van der Waals surface area contributed by atoms with Crippen molar-refractivity contribution in [3.63, 3.8) is 0 Å². The van der Waals surface area contributed by atoms with E-state index >= 15 is 0 Å². The van der Waals surface area contributed by atoms with Crippen LogP contribution in [0.4, 0.5) is 9.59 Å². The van der Waals surface area contributed by atoms with Crippen LogP contribution in [-0.2, 0) is 10.6 Å². The molecule has 0 aromatic heterocycles. The fourth-order valence-corrected chi connectivity index (χ4v) is 1.52. The molecule has 1 aliphatic rings. The third-order valence-corrected chi connectivity index (χ3v) is 3.00. The van der Waals surface area contributed by atoms with Gasteiger partial charge in [0.25, 0.3) is 0 Å². The van der Waals surface area contributed by atoms with E-state index in [-0.39, 0.29) is 56.9 Å². The van der Waals surface area contributed by atoms with Gasteiger partial charge in [-0.2, -0.15) is 0 Å². The molecule has 0 aromatic rings. The second kappa shape index (κ2) is 6.31. The number of hydrogen-bond donors (Lipinski definition) is 0. The number of carboxylic acid groups (broad SMARTS) is 1. The molecule has 7 nitrogen and oxygen atoms in total. The zero-order chi connectivity index (χ0) is 6.85. The summed E-state index contributed by atoms with van der Waals surface area (Å²) in [6, 6.07) is 0. The van der Waals surface area contributed by atoms with Crippen LogP contribution in [-0.4, -0.2) is 35.1 Å². The summed E-state index contributed by atoms with van der Waals surface area (Å²) < 4.78 is 12.2. The molecule has 0 aromatic carbocycles. The molecule has 1 saturated heterocycles. The summed E-state index contributed by atoms with van der Waals surface area (Å²) in [5.41, 5.74) is 0. The molecule has 0 spiro atoms. The standard InChI is InChI=1S/2CH2O3.Ga.K.H2O/c2*2-1(3)4;;;/h2*(H2,2,3,4);;;1H2/q;;+3;+1;/p-4. The summed E-state index contributed by atoms with van der Waals surface area (Å²) >= 11 is -3.05. The van der Waals surface area contributed by atoms with E-state index in [1.54, 1.807) is 0 Å². The fourth-order valence-electron chi connectivity index (χ4n) is 0.293. The molecule has 0 unspecified atom stereocenters. The van der Waals surface area contributed by atoms with Crippen LogP contribution in [0.1, 0.15) is 0 Å². The molecule has 0 radical (unpaired) electrons. The average molecular weight is 247 g/mol. The van der Waals surface area contributed by atoms with Gasteiger partial charge in [0.15, 0.2) is 0 Å². The van der Waals surface area contributed by atoms with Gasteiger partial charge in [0.05, 0.1) is 0 Å². The molecule has 9 heteroatoms. The zero-order valence-electron chi connectivity index (χ0n) is 5.53. The molecule has 0 aliphatic carbocycles. The Labute approximate surface area is 110 Å². The quantitative estimate of drug-likeness (QED) is 0.427. The molecule has 1 rings (SSSR count). The van der Waals surface area contributed by atoms with E-state index in [2.05, 4.69) is 10.6 Å². The summed E-state index contributed by atoms with van der Waals surface area (Å²) in [6.45, 7) is 0. The Morgan fingerprint density at radius 3 is 2.27 bits per heavy atom. The van der Waals surface area contributed by atoms with Crippen molar-refractivity contribution in [3.05, 3.63) is 0 Å². The van der Waals surface area contributed by atoms with Gasteiger partial charge in [0.2, 0.25) is 0 Å². The van der Waals surface area contributed by atoms with E-state index < -0.39 is 29.6 Å². The summed E-state index contributed by atoms with van der Waals surface area (Å²) in [4.78, 5) is 19.4. The van der Waals surface area contributed by atoms with Crippen molar-refractivity contribution in [1.29, 1.82) is 0 Å². The SMILES string of the molecule is O.O=C([O-])[O][Ga]1[O]C(=O)[O]1.[K+]. The maximum atomic E-state index is 9.80. The molecule has 0 atom stereocenters. The van der Waals surface area contributed by atoms with Crippen molar-refractivity contribution in [2.24, 2.45) is 0 Å². The van der Waals surface area contributed by atoms with Gasteiger partial charge in [-0.05, 0) is 0 Å². The van der Waals surface area contributed by atoms with Gasteiger partial charge in [-0.25, -0.2) is 0 Å². The van der Waals surface area contributed by atoms with E-state index in [0.29, 0.717) is 0 Å². The predicted molar refractivity (Wildman–Crippen MR) is 23.4 cm³/mol. The largest absolute Gasteiger partial charge is 1.00 e. The van der Waals surface area contributed by atoms with Gasteiger partial charge < -0.3 is 5.48 Å². The van der Waals surface area contributed by atoms with Crippen molar-refractivity contribution in [2.45, 2.75) is 0 Å². The second-order valence-corrected chi connectivity index (χ2v) is 3.84. The Hall–Kier alpha value is 0.773. The van der Waals surface area contributed by atoms with Crippen LogP contribution in [0.15, 0.2) is 0 Å². The third-order valence-electron chi connectivity index (χ3n) is 0.577. The van der Waals surface area contributed by atoms with Crippen LogP contribution in [0.25, 0.3) is 0 Å². The van der Waals surface area contributed by atoms with Crippen molar-refractivity contribution >= 4 is 29.6 Å². The average Bonchev–Trinajstić information content (AvgIpc) is 1.60. The van der Waals surface area contributed by atoms with Gasteiger partial charge in [0, 0.05) is 0 Å². The Morgan fingerprint density at radius 2 is 2.00 bits per heavy atom. The molecule has 1 aliphatic heterocycles. The molecule has 1 heterocycles. The van der Waals surface area contributed by atoms with Crippen LogP contribution in [0.5, 0.6) is 0 Å². The van der Waals surface area contributed by atoms with Gasteiger partial charge in [-0.15, -0.1) is 0 Å². The Balaban J connectivity index is 0. The number of carbonyl (C=O) groups excluding carboxylic acids is 2. The maximum Gasteiger partial charge on any atom is 1.00 e. The van der Waals surface area contributed by atoms with Gasteiger partial charge in [-0.1, -0.05) is 0 Å². The first-order valence-electron chi connectivity index (χ1n) is 1.93. The maximum absolute atomic E-state index is 9.80.